The number of aromatic nitrogens is 1. The van der Waals surface area contributed by atoms with Gasteiger partial charge in [0.25, 0.3) is 5.82 Å². The Kier molecular flexibility index (Phi) is 5.51. The topological polar surface area (TPSA) is 56.2 Å². The van der Waals surface area contributed by atoms with Crippen LogP contribution in [0.4, 0.5) is 5.82 Å². The maximum atomic E-state index is 12.0. The van der Waals surface area contributed by atoms with E-state index in [1.807, 2.05) is 12.1 Å². The Balaban J connectivity index is 0.00000180. The Labute approximate surface area is 122 Å². The van der Waals surface area contributed by atoms with Crippen LogP contribution in [0.3, 0.4) is 0 Å². The van der Waals surface area contributed by atoms with E-state index in [-0.39, 0.29) is 29.3 Å². The average Bonchev–Trinajstić information content (AvgIpc) is 2.41. The molecule has 0 bridgehead atoms. The van der Waals surface area contributed by atoms with Crippen LogP contribution in [0.2, 0.25) is 0 Å². The van der Waals surface area contributed by atoms with Crippen LogP contribution in [0.1, 0.15) is 10.4 Å². The summed E-state index contributed by atoms with van der Waals surface area (Å²) in [6.45, 7) is 0.235. The van der Waals surface area contributed by atoms with Crippen molar-refractivity contribution in [3.05, 3.63) is 54.2 Å². The first-order chi connectivity index (χ1) is 8.70. The third-order valence-corrected chi connectivity index (χ3v) is 2.70. The van der Waals surface area contributed by atoms with E-state index in [1.54, 1.807) is 48.2 Å². The normalized spacial score (nSPS) is 9.53. The highest BCUT2D eigenvalue weighted by molar-refractivity contribution is 5.95. The number of Topliss-reactive ketones (excluding diaryl/α,β-unsaturated/α-hetero) is 1. The molecule has 0 saturated carbocycles. The predicted molar refractivity (Wildman–Crippen MR) is 68.4 cm³/mol. The Bertz CT molecular complexity index is 556. The number of ether oxygens (including phenoxy) is 1. The zero-order valence-corrected chi connectivity index (χ0v) is 12.1. The van der Waals surface area contributed by atoms with Crippen molar-refractivity contribution in [3.8, 4) is 5.75 Å². The first-order valence-electron chi connectivity index (χ1n) is 5.62. The van der Waals surface area contributed by atoms with Crippen LogP contribution in [0.25, 0.3) is 0 Å². The Morgan fingerprint density at radius 1 is 1.21 bits per heavy atom. The molecule has 19 heavy (non-hydrogen) atoms. The molecule has 2 rings (SSSR count). The standard InChI is InChI=1S/C14H14N2O2.BrH/c1-18-12-7-5-11(6-8-12)13(17)10-16-9-3-2-4-14(16)15;/h2-9,15H,10H2,1H3;1H. The van der Waals surface area contributed by atoms with Crippen LogP contribution >= 0.6 is 0 Å². The number of nitrogens with zero attached hydrogens (tertiary/aromatic N) is 1. The number of carbonyl (C=O) groups excluding carboxylic acids is 1. The van der Waals surface area contributed by atoms with Crippen LogP contribution < -0.4 is 32.0 Å². The van der Waals surface area contributed by atoms with Gasteiger partial charge in [0.05, 0.1) is 13.3 Å². The van der Waals surface area contributed by atoms with E-state index in [4.69, 9.17) is 10.5 Å². The van der Waals surface area contributed by atoms with Crippen molar-refractivity contribution in [2.24, 2.45) is 0 Å². The van der Waals surface area contributed by atoms with Gasteiger partial charge in [-0.1, -0.05) is 6.07 Å². The molecule has 4 nitrogen and oxygen atoms in total. The zero-order valence-electron chi connectivity index (χ0n) is 10.5. The number of hydrogen-bond acceptors (Lipinski definition) is 3. The summed E-state index contributed by atoms with van der Waals surface area (Å²) in [6, 6.07) is 12.5. The van der Waals surface area contributed by atoms with Gasteiger partial charge in [-0.2, -0.15) is 0 Å². The molecule has 0 aliphatic rings. The largest absolute Gasteiger partial charge is 1.00 e. The number of ketones is 1. The number of nitrogens with two attached hydrogens (primary N) is 1. The van der Waals surface area contributed by atoms with E-state index in [1.165, 1.54) is 0 Å². The van der Waals surface area contributed by atoms with Crippen LogP contribution in [0.15, 0.2) is 48.7 Å². The zero-order chi connectivity index (χ0) is 13.0. The van der Waals surface area contributed by atoms with Crippen molar-refractivity contribution in [1.82, 2.24) is 0 Å². The number of anilines is 1. The lowest BCUT2D eigenvalue weighted by Gasteiger charge is -2.04. The lowest BCUT2D eigenvalue weighted by Crippen LogP contribution is -3.00. The summed E-state index contributed by atoms with van der Waals surface area (Å²) in [4.78, 5) is 12.0. The summed E-state index contributed by atoms with van der Waals surface area (Å²) in [6.07, 6.45) is 1.79. The van der Waals surface area contributed by atoms with Crippen molar-refractivity contribution in [3.63, 3.8) is 0 Å². The fourth-order valence-corrected chi connectivity index (χ4v) is 1.66. The molecule has 5 heteroatoms. The minimum atomic E-state index is 0. The van der Waals surface area contributed by atoms with E-state index >= 15 is 0 Å². The van der Waals surface area contributed by atoms with E-state index in [9.17, 15) is 4.79 Å². The maximum Gasteiger partial charge on any atom is 0.272 e. The molecule has 1 aromatic heterocycles. The summed E-state index contributed by atoms with van der Waals surface area (Å²) in [5.41, 5.74) is 6.43. The monoisotopic (exact) mass is 322 g/mol. The van der Waals surface area contributed by atoms with Crippen molar-refractivity contribution in [1.29, 1.82) is 0 Å². The second-order valence-electron chi connectivity index (χ2n) is 3.91. The fraction of sp³-hybridized carbons (Fsp3) is 0.143. The highest BCUT2D eigenvalue weighted by Gasteiger charge is 2.11. The third-order valence-electron chi connectivity index (χ3n) is 2.70. The molecule has 0 saturated heterocycles. The quantitative estimate of drug-likeness (QED) is 0.548. The van der Waals surface area contributed by atoms with Gasteiger partial charge >= 0.3 is 0 Å². The molecule has 0 atom stereocenters. The fourth-order valence-electron chi connectivity index (χ4n) is 1.66. The minimum Gasteiger partial charge on any atom is -1.00 e. The SMILES string of the molecule is COc1ccc(C(=O)C[n+]2ccccc2N)cc1.[Br-]. The number of carbonyl (C=O) groups is 1. The van der Waals surface area contributed by atoms with Gasteiger partial charge in [0.15, 0.2) is 6.54 Å². The number of hydrogen-bond donors (Lipinski definition) is 1. The molecule has 0 fully saturated rings. The summed E-state index contributed by atoms with van der Waals surface area (Å²) in [5.74, 6) is 1.32. The van der Waals surface area contributed by atoms with E-state index in [0.717, 1.165) is 5.75 Å². The molecular weight excluding hydrogens is 308 g/mol. The van der Waals surface area contributed by atoms with Gasteiger partial charge in [-0.3, -0.25) is 10.5 Å². The minimum absolute atomic E-state index is 0. The average molecular weight is 323 g/mol. The second kappa shape index (κ2) is 6.89. The number of benzene rings is 1. The molecule has 0 radical (unpaired) electrons. The molecule has 2 N–H and O–H groups in total. The molecule has 1 heterocycles. The molecule has 100 valence electrons. The third kappa shape index (κ3) is 3.79. The van der Waals surface area contributed by atoms with Gasteiger partial charge in [-0.15, -0.1) is 0 Å². The van der Waals surface area contributed by atoms with Crippen molar-refractivity contribution in [2.75, 3.05) is 12.8 Å². The number of pyridine rings is 1. The molecule has 0 aliphatic heterocycles. The maximum absolute atomic E-state index is 12.0. The first-order valence-corrected chi connectivity index (χ1v) is 5.62. The summed E-state index contributed by atoms with van der Waals surface area (Å²) in [5, 5.41) is 0. The van der Waals surface area contributed by atoms with Crippen LogP contribution in [0, 0.1) is 0 Å². The Morgan fingerprint density at radius 3 is 2.47 bits per heavy atom. The predicted octanol–water partition coefficient (Wildman–Crippen LogP) is -1.55. The molecule has 0 aliphatic carbocycles. The van der Waals surface area contributed by atoms with Crippen LogP contribution in [-0.2, 0) is 6.54 Å². The van der Waals surface area contributed by atoms with Gasteiger partial charge in [-0.05, 0) is 30.3 Å². The summed E-state index contributed by atoms with van der Waals surface area (Å²) >= 11 is 0. The molecule has 1 aromatic carbocycles. The molecule has 2 aromatic rings. The lowest BCUT2D eigenvalue weighted by atomic mass is 10.1. The molecule has 0 amide bonds. The molecular formula is C14H15BrN2O2. The van der Waals surface area contributed by atoms with Crippen LogP contribution in [0.5, 0.6) is 5.75 Å². The van der Waals surface area contributed by atoms with Crippen molar-refractivity contribution < 1.29 is 31.1 Å². The lowest BCUT2D eigenvalue weighted by molar-refractivity contribution is -0.668. The number of rotatable bonds is 4. The Hall–Kier alpha value is -1.88. The van der Waals surface area contributed by atoms with E-state index in [0.29, 0.717) is 11.4 Å². The number of nitrogen functional groups attached to an aromatic ring is 1. The van der Waals surface area contributed by atoms with Gasteiger partial charge in [0, 0.05) is 11.6 Å². The highest BCUT2D eigenvalue weighted by Crippen LogP contribution is 2.11. The van der Waals surface area contributed by atoms with E-state index < -0.39 is 0 Å². The number of halogens is 1. The Morgan fingerprint density at radius 2 is 1.89 bits per heavy atom. The van der Waals surface area contributed by atoms with Gasteiger partial charge in [0.2, 0.25) is 5.78 Å². The molecule has 0 unspecified atom stereocenters. The van der Waals surface area contributed by atoms with Crippen molar-refractivity contribution in [2.45, 2.75) is 6.54 Å². The van der Waals surface area contributed by atoms with Gasteiger partial charge in [0.1, 0.15) is 5.75 Å². The first kappa shape index (κ1) is 15.2. The van der Waals surface area contributed by atoms with Gasteiger partial charge < -0.3 is 21.7 Å². The van der Waals surface area contributed by atoms with E-state index in [2.05, 4.69) is 0 Å². The number of methoxy groups -OCH3 is 1. The highest BCUT2D eigenvalue weighted by atomic mass is 79.9. The molecule has 0 spiro atoms. The summed E-state index contributed by atoms with van der Waals surface area (Å²) < 4.78 is 6.76. The van der Waals surface area contributed by atoms with Crippen molar-refractivity contribution >= 4 is 11.6 Å². The second-order valence-corrected chi connectivity index (χ2v) is 3.91. The van der Waals surface area contributed by atoms with Gasteiger partial charge in [-0.25, -0.2) is 4.57 Å². The summed E-state index contributed by atoms with van der Waals surface area (Å²) in [7, 11) is 1.59. The van der Waals surface area contributed by atoms with Crippen LogP contribution in [-0.4, -0.2) is 12.9 Å². The smallest absolute Gasteiger partial charge is 0.272 e.